The monoisotopic (exact) mass is 289 g/mol. The number of nitrogens with zero attached hydrogens (tertiary/aromatic N) is 2. The lowest BCUT2D eigenvalue weighted by Gasteiger charge is -2.12. The van der Waals surface area contributed by atoms with Gasteiger partial charge in [-0.2, -0.15) is 5.10 Å². The zero-order valence-corrected chi connectivity index (χ0v) is 12.9. The first-order chi connectivity index (χ1) is 10.2. The summed E-state index contributed by atoms with van der Waals surface area (Å²) in [6.45, 7) is 4.78. The Balaban J connectivity index is 1.98. The zero-order valence-electron chi connectivity index (χ0n) is 12.9. The number of hydrogen-bond donors (Lipinski definition) is 1. The second-order valence-electron chi connectivity index (χ2n) is 4.95. The molecule has 0 spiro atoms. The molecule has 0 bridgehead atoms. The molecular weight excluding hydrogens is 266 g/mol. The fourth-order valence-electron chi connectivity index (χ4n) is 2.28. The molecule has 0 aliphatic carbocycles. The van der Waals surface area contributed by atoms with E-state index < -0.39 is 0 Å². The van der Waals surface area contributed by atoms with Gasteiger partial charge in [0.1, 0.15) is 18.1 Å². The number of hydrogen-bond acceptors (Lipinski definition) is 4. The summed E-state index contributed by atoms with van der Waals surface area (Å²) in [7, 11) is 1.59. The van der Waals surface area contributed by atoms with E-state index in [1.165, 1.54) is 0 Å². The molecule has 5 heteroatoms. The molecule has 0 saturated carbocycles. The fourth-order valence-corrected chi connectivity index (χ4v) is 2.28. The predicted molar refractivity (Wildman–Crippen MR) is 83.6 cm³/mol. The van der Waals surface area contributed by atoms with E-state index >= 15 is 0 Å². The summed E-state index contributed by atoms with van der Waals surface area (Å²) in [6, 6.07) is 7.85. The molecule has 0 unspecified atom stereocenters. The minimum absolute atomic E-state index is 0.429. The van der Waals surface area contributed by atoms with E-state index in [1.807, 2.05) is 23.0 Å². The lowest BCUT2D eigenvalue weighted by molar-refractivity contribution is 0.297. The van der Waals surface area contributed by atoms with Crippen molar-refractivity contribution in [3.63, 3.8) is 0 Å². The lowest BCUT2D eigenvalue weighted by atomic mass is 10.2. The summed E-state index contributed by atoms with van der Waals surface area (Å²) >= 11 is 0. The highest BCUT2D eigenvalue weighted by atomic mass is 16.5. The third-order valence-electron chi connectivity index (χ3n) is 3.57. The van der Waals surface area contributed by atoms with Crippen molar-refractivity contribution in [1.82, 2.24) is 9.78 Å². The average molecular weight is 289 g/mol. The van der Waals surface area contributed by atoms with Crippen molar-refractivity contribution in [1.29, 1.82) is 0 Å². The van der Waals surface area contributed by atoms with Crippen molar-refractivity contribution in [3.05, 3.63) is 36.2 Å². The van der Waals surface area contributed by atoms with Crippen LogP contribution < -0.4 is 15.2 Å². The van der Waals surface area contributed by atoms with Gasteiger partial charge in [-0.15, -0.1) is 0 Å². The van der Waals surface area contributed by atoms with E-state index in [0.717, 1.165) is 18.5 Å². The SMILES string of the molecule is CCC(CC)n1ccc(COc2ccc(OC)c(N)c2)n1. The van der Waals surface area contributed by atoms with Crippen LogP contribution in [0.3, 0.4) is 0 Å². The molecule has 0 aliphatic heterocycles. The van der Waals surface area contributed by atoms with Crippen LogP contribution in [0.4, 0.5) is 5.69 Å². The number of benzene rings is 1. The highest BCUT2D eigenvalue weighted by molar-refractivity contribution is 5.56. The van der Waals surface area contributed by atoms with Crippen molar-refractivity contribution in [2.45, 2.75) is 39.3 Å². The quantitative estimate of drug-likeness (QED) is 0.793. The number of aromatic nitrogens is 2. The first-order valence-electron chi connectivity index (χ1n) is 7.28. The van der Waals surface area contributed by atoms with Crippen molar-refractivity contribution < 1.29 is 9.47 Å². The summed E-state index contributed by atoms with van der Waals surface area (Å²) in [5.74, 6) is 1.37. The number of ether oxygens (including phenoxy) is 2. The Hall–Kier alpha value is -2.17. The summed E-state index contributed by atoms with van der Waals surface area (Å²) in [6.07, 6.45) is 4.17. The van der Waals surface area contributed by atoms with E-state index in [9.17, 15) is 0 Å². The Morgan fingerprint density at radius 3 is 2.62 bits per heavy atom. The smallest absolute Gasteiger partial charge is 0.142 e. The van der Waals surface area contributed by atoms with Gasteiger partial charge >= 0.3 is 0 Å². The summed E-state index contributed by atoms with van der Waals surface area (Å²) in [4.78, 5) is 0. The van der Waals surface area contributed by atoms with Gasteiger partial charge in [-0.1, -0.05) is 13.8 Å². The minimum Gasteiger partial charge on any atom is -0.495 e. The van der Waals surface area contributed by atoms with Crippen LogP contribution in [-0.2, 0) is 6.61 Å². The van der Waals surface area contributed by atoms with Gasteiger partial charge in [0.2, 0.25) is 0 Å². The Labute approximate surface area is 125 Å². The molecule has 0 atom stereocenters. The van der Waals surface area contributed by atoms with Gasteiger partial charge in [-0.25, -0.2) is 0 Å². The summed E-state index contributed by atoms with van der Waals surface area (Å²) in [5, 5.41) is 4.56. The lowest BCUT2D eigenvalue weighted by Crippen LogP contribution is -2.08. The molecular formula is C16H23N3O2. The Morgan fingerprint density at radius 1 is 1.24 bits per heavy atom. The number of nitrogen functional groups attached to an aromatic ring is 1. The number of nitrogens with two attached hydrogens (primary N) is 1. The summed E-state index contributed by atoms with van der Waals surface area (Å²) in [5.41, 5.74) is 7.34. The van der Waals surface area contributed by atoms with Gasteiger partial charge in [0.15, 0.2) is 0 Å². The maximum atomic E-state index is 5.86. The second kappa shape index (κ2) is 7.02. The number of methoxy groups -OCH3 is 1. The van der Waals surface area contributed by atoms with Gasteiger partial charge < -0.3 is 15.2 Å². The molecule has 0 saturated heterocycles. The Kier molecular flexibility index (Phi) is 5.09. The fraction of sp³-hybridized carbons (Fsp3) is 0.438. The first kappa shape index (κ1) is 15.2. The van der Waals surface area contributed by atoms with E-state index in [1.54, 1.807) is 19.2 Å². The molecule has 1 aromatic heterocycles. The van der Waals surface area contributed by atoms with Crippen LogP contribution in [0.5, 0.6) is 11.5 Å². The standard InChI is InChI=1S/C16H23N3O2/c1-4-13(5-2)19-9-8-12(18-19)11-21-14-6-7-16(20-3)15(17)10-14/h6-10,13H,4-5,11,17H2,1-3H3. The minimum atomic E-state index is 0.429. The Morgan fingerprint density at radius 2 is 2.00 bits per heavy atom. The molecule has 2 rings (SSSR count). The van der Waals surface area contributed by atoms with Crippen molar-refractivity contribution in [3.8, 4) is 11.5 Å². The molecule has 2 N–H and O–H groups in total. The third-order valence-corrected chi connectivity index (χ3v) is 3.57. The van der Waals surface area contributed by atoms with Crippen LogP contribution >= 0.6 is 0 Å². The first-order valence-corrected chi connectivity index (χ1v) is 7.28. The van der Waals surface area contributed by atoms with Crippen molar-refractivity contribution >= 4 is 5.69 Å². The van der Waals surface area contributed by atoms with E-state index in [0.29, 0.717) is 29.8 Å². The van der Waals surface area contributed by atoms with Crippen LogP contribution in [0.25, 0.3) is 0 Å². The maximum absolute atomic E-state index is 5.86. The van der Waals surface area contributed by atoms with Gasteiger partial charge in [-0.05, 0) is 31.0 Å². The molecule has 1 aromatic carbocycles. The molecule has 2 aromatic rings. The highest BCUT2D eigenvalue weighted by Crippen LogP contribution is 2.26. The maximum Gasteiger partial charge on any atom is 0.142 e. The average Bonchev–Trinajstić information content (AvgIpc) is 2.95. The second-order valence-corrected chi connectivity index (χ2v) is 4.95. The molecule has 21 heavy (non-hydrogen) atoms. The van der Waals surface area contributed by atoms with Crippen LogP contribution in [-0.4, -0.2) is 16.9 Å². The summed E-state index contributed by atoms with van der Waals surface area (Å²) < 4.78 is 12.9. The molecule has 0 amide bonds. The van der Waals surface area contributed by atoms with Crippen LogP contribution in [0, 0.1) is 0 Å². The molecule has 0 fully saturated rings. The van der Waals surface area contributed by atoms with E-state index in [-0.39, 0.29) is 0 Å². The van der Waals surface area contributed by atoms with Crippen LogP contribution in [0.1, 0.15) is 38.4 Å². The van der Waals surface area contributed by atoms with Crippen molar-refractivity contribution in [2.75, 3.05) is 12.8 Å². The van der Waals surface area contributed by atoms with E-state index in [4.69, 9.17) is 15.2 Å². The molecule has 114 valence electrons. The largest absolute Gasteiger partial charge is 0.495 e. The van der Waals surface area contributed by atoms with Gasteiger partial charge in [-0.3, -0.25) is 4.68 Å². The number of rotatable bonds is 7. The molecule has 5 nitrogen and oxygen atoms in total. The van der Waals surface area contributed by atoms with Gasteiger partial charge in [0.05, 0.1) is 24.5 Å². The third kappa shape index (κ3) is 3.68. The molecule has 1 heterocycles. The molecule has 0 radical (unpaired) electrons. The van der Waals surface area contributed by atoms with Crippen LogP contribution in [0.2, 0.25) is 0 Å². The Bertz CT molecular complexity index is 577. The zero-order chi connectivity index (χ0) is 15.2. The van der Waals surface area contributed by atoms with Gasteiger partial charge in [0.25, 0.3) is 0 Å². The predicted octanol–water partition coefficient (Wildman–Crippen LogP) is 3.41. The van der Waals surface area contributed by atoms with Crippen molar-refractivity contribution in [2.24, 2.45) is 0 Å². The normalized spacial score (nSPS) is 10.9. The van der Waals surface area contributed by atoms with Crippen LogP contribution in [0.15, 0.2) is 30.5 Å². The topological polar surface area (TPSA) is 62.3 Å². The van der Waals surface area contributed by atoms with Gasteiger partial charge in [0, 0.05) is 12.3 Å². The number of anilines is 1. The highest BCUT2D eigenvalue weighted by Gasteiger charge is 2.08. The van der Waals surface area contributed by atoms with E-state index in [2.05, 4.69) is 18.9 Å². The molecule has 0 aliphatic rings.